The van der Waals surface area contributed by atoms with E-state index < -0.39 is 0 Å². The minimum absolute atomic E-state index is 0.467. The number of likely N-dealkylation sites (N-methyl/N-ethyl adjacent to an activating group) is 1. The smallest absolute Gasteiger partial charge is 0.0897 e. The van der Waals surface area contributed by atoms with Gasteiger partial charge in [0.1, 0.15) is 0 Å². The Bertz CT molecular complexity index is 516. The maximum atomic E-state index is 4.58. The molecule has 2 nitrogen and oxygen atoms in total. The first-order chi connectivity index (χ1) is 9.71. The monoisotopic (exact) mass is 288 g/mol. The van der Waals surface area contributed by atoms with Gasteiger partial charge in [-0.3, -0.25) is 0 Å². The summed E-state index contributed by atoms with van der Waals surface area (Å²) in [6.07, 6.45) is 3.18. The van der Waals surface area contributed by atoms with Crippen LogP contribution in [-0.2, 0) is 19.3 Å². The van der Waals surface area contributed by atoms with Crippen molar-refractivity contribution in [2.75, 3.05) is 6.54 Å². The summed E-state index contributed by atoms with van der Waals surface area (Å²) in [5, 5.41) is 6.92. The van der Waals surface area contributed by atoms with E-state index in [0.29, 0.717) is 6.04 Å². The van der Waals surface area contributed by atoms with Crippen LogP contribution in [0, 0.1) is 6.92 Å². The molecule has 1 aromatic heterocycles. The summed E-state index contributed by atoms with van der Waals surface area (Å²) < 4.78 is 0. The van der Waals surface area contributed by atoms with Crippen LogP contribution in [0.2, 0.25) is 0 Å². The average Bonchev–Trinajstić information content (AvgIpc) is 2.85. The first-order valence-electron chi connectivity index (χ1n) is 7.43. The molecular weight excluding hydrogens is 264 g/mol. The van der Waals surface area contributed by atoms with Crippen LogP contribution in [0.15, 0.2) is 29.6 Å². The Morgan fingerprint density at radius 1 is 1.10 bits per heavy atom. The van der Waals surface area contributed by atoms with Gasteiger partial charge in [-0.05, 0) is 37.4 Å². The van der Waals surface area contributed by atoms with E-state index in [1.54, 1.807) is 11.3 Å². The van der Waals surface area contributed by atoms with Crippen LogP contribution in [0.5, 0.6) is 0 Å². The lowest BCUT2D eigenvalue weighted by atomic mass is 10.0. The lowest BCUT2D eigenvalue weighted by molar-refractivity contribution is 0.517. The lowest BCUT2D eigenvalue weighted by Crippen LogP contribution is -2.33. The molecule has 0 fully saturated rings. The molecule has 2 rings (SSSR count). The quantitative estimate of drug-likeness (QED) is 0.838. The Hall–Kier alpha value is -1.19. The molecule has 0 spiro atoms. The highest BCUT2D eigenvalue weighted by atomic mass is 32.1. The van der Waals surface area contributed by atoms with Crippen molar-refractivity contribution in [2.45, 2.75) is 46.1 Å². The summed E-state index contributed by atoms with van der Waals surface area (Å²) >= 11 is 1.74. The molecular formula is C17H24N2S. The van der Waals surface area contributed by atoms with Gasteiger partial charge < -0.3 is 5.32 Å². The van der Waals surface area contributed by atoms with E-state index >= 15 is 0 Å². The first-order valence-corrected chi connectivity index (χ1v) is 8.31. The number of nitrogens with zero attached hydrogens (tertiary/aromatic N) is 1. The third kappa shape index (κ3) is 4.43. The minimum Gasteiger partial charge on any atom is -0.314 e. The summed E-state index contributed by atoms with van der Waals surface area (Å²) in [7, 11) is 0. The van der Waals surface area contributed by atoms with Gasteiger partial charge in [0.15, 0.2) is 0 Å². The second kappa shape index (κ2) is 7.55. The molecule has 0 aliphatic heterocycles. The van der Waals surface area contributed by atoms with Crippen molar-refractivity contribution in [3.63, 3.8) is 0 Å². The zero-order valence-corrected chi connectivity index (χ0v) is 13.5. The Kier molecular flexibility index (Phi) is 5.74. The molecule has 108 valence electrons. The molecule has 0 aliphatic carbocycles. The molecule has 0 amide bonds. The first kappa shape index (κ1) is 15.2. The van der Waals surface area contributed by atoms with E-state index in [9.17, 15) is 0 Å². The summed E-state index contributed by atoms with van der Waals surface area (Å²) in [5.74, 6) is 0. The van der Waals surface area contributed by atoms with Crippen LogP contribution in [0.1, 0.15) is 35.7 Å². The van der Waals surface area contributed by atoms with Crippen LogP contribution >= 0.6 is 11.3 Å². The normalized spacial score (nSPS) is 12.6. The Labute approximate surface area is 126 Å². The Morgan fingerprint density at radius 2 is 1.80 bits per heavy atom. The number of hydrogen-bond donors (Lipinski definition) is 1. The summed E-state index contributed by atoms with van der Waals surface area (Å²) in [4.78, 5) is 4.58. The predicted molar refractivity (Wildman–Crippen MR) is 87.5 cm³/mol. The number of rotatable bonds is 7. The van der Waals surface area contributed by atoms with Crippen molar-refractivity contribution >= 4 is 11.3 Å². The van der Waals surface area contributed by atoms with Crippen LogP contribution in [-0.4, -0.2) is 17.6 Å². The number of thiazole rings is 1. The van der Waals surface area contributed by atoms with E-state index in [1.807, 2.05) is 0 Å². The lowest BCUT2D eigenvalue weighted by Gasteiger charge is -2.17. The Morgan fingerprint density at radius 3 is 2.35 bits per heavy atom. The largest absolute Gasteiger partial charge is 0.314 e. The van der Waals surface area contributed by atoms with Gasteiger partial charge in [0.05, 0.1) is 10.7 Å². The van der Waals surface area contributed by atoms with Gasteiger partial charge in [0.25, 0.3) is 0 Å². The van der Waals surface area contributed by atoms with Crippen molar-refractivity contribution in [3.05, 3.63) is 51.5 Å². The topological polar surface area (TPSA) is 24.9 Å². The van der Waals surface area contributed by atoms with E-state index in [4.69, 9.17) is 0 Å². The summed E-state index contributed by atoms with van der Waals surface area (Å²) in [6.45, 7) is 7.43. The standard InChI is InChI=1S/C17H24N2S/c1-4-14-6-8-15(9-7-14)10-16(18-5-2)11-17-12-20-13(3)19-17/h6-9,12,16,18H,4-5,10-11H2,1-3H3. The maximum absolute atomic E-state index is 4.58. The van der Waals surface area contributed by atoms with Crippen molar-refractivity contribution in [1.82, 2.24) is 10.3 Å². The van der Waals surface area contributed by atoms with Crippen LogP contribution in [0.3, 0.4) is 0 Å². The number of hydrogen-bond acceptors (Lipinski definition) is 3. The zero-order valence-electron chi connectivity index (χ0n) is 12.6. The molecule has 3 heteroatoms. The third-order valence-corrected chi connectivity index (χ3v) is 4.35. The van der Waals surface area contributed by atoms with E-state index in [1.165, 1.54) is 16.8 Å². The van der Waals surface area contributed by atoms with Crippen molar-refractivity contribution in [2.24, 2.45) is 0 Å². The van der Waals surface area contributed by atoms with Crippen molar-refractivity contribution in [1.29, 1.82) is 0 Å². The van der Waals surface area contributed by atoms with Gasteiger partial charge in [-0.1, -0.05) is 38.1 Å². The average molecular weight is 288 g/mol. The predicted octanol–water partition coefficient (Wildman–Crippen LogP) is 3.78. The van der Waals surface area contributed by atoms with Gasteiger partial charge in [-0.2, -0.15) is 0 Å². The number of aryl methyl sites for hydroxylation is 2. The van der Waals surface area contributed by atoms with E-state index in [2.05, 4.69) is 60.7 Å². The number of nitrogens with one attached hydrogen (secondary N) is 1. The highest BCUT2D eigenvalue weighted by Gasteiger charge is 2.11. The zero-order chi connectivity index (χ0) is 14.4. The SMILES string of the molecule is CCNC(Cc1ccc(CC)cc1)Cc1csc(C)n1. The molecule has 0 saturated heterocycles. The number of benzene rings is 1. The van der Waals surface area contributed by atoms with E-state index in [-0.39, 0.29) is 0 Å². The van der Waals surface area contributed by atoms with Gasteiger partial charge in [0, 0.05) is 17.8 Å². The van der Waals surface area contributed by atoms with Crippen molar-refractivity contribution < 1.29 is 0 Å². The molecule has 1 heterocycles. The van der Waals surface area contributed by atoms with Gasteiger partial charge in [-0.15, -0.1) is 11.3 Å². The van der Waals surface area contributed by atoms with E-state index in [0.717, 1.165) is 30.8 Å². The highest BCUT2D eigenvalue weighted by molar-refractivity contribution is 7.09. The van der Waals surface area contributed by atoms with Crippen LogP contribution < -0.4 is 5.32 Å². The van der Waals surface area contributed by atoms with Crippen LogP contribution in [0.4, 0.5) is 0 Å². The highest BCUT2D eigenvalue weighted by Crippen LogP contribution is 2.13. The third-order valence-electron chi connectivity index (χ3n) is 3.53. The van der Waals surface area contributed by atoms with Crippen molar-refractivity contribution in [3.8, 4) is 0 Å². The van der Waals surface area contributed by atoms with Gasteiger partial charge in [0.2, 0.25) is 0 Å². The second-order valence-corrected chi connectivity index (χ2v) is 6.25. The fourth-order valence-corrected chi connectivity index (χ4v) is 3.08. The van der Waals surface area contributed by atoms with Crippen LogP contribution in [0.25, 0.3) is 0 Å². The molecule has 1 unspecified atom stereocenters. The molecule has 1 atom stereocenters. The molecule has 1 aromatic carbocycles. The second-order valence-electron chi connectivity index (χ2n) is 5.19. The molecule has 1 N–H and O–H groups in total. The molecule has 2 aromatic rings. The fraction of sp³-hybridized carbons (Fsp3) is 0.471. The summed E-state index contributed by atoms with van der Waals surface area (Å²) in [5.41, 5.74) is 4.02. The van der Waals surface area contributed by atoms with Gasteiger partial charge in [-0.25, -0.2) is 4.98 Å². The fourth-order valence-electron chi connectivity index (χ4n) is 2.46. The molecule has 0 bridgehead atoms. The van der Waals surface area contributed by atoms with Gasteiger partial charge >= 0.3 is 0 Å². The molecule has 0 saturated carbocycles. The Balaban J connectivity index is 2.00. The minimum atomic E-state index is 0.467. The molecule has 0 radical (unpaired) electrons. The molecule has 0 aliphatic rings. The molecule has 20 heavy (non-hydrogen) atoms. The maximum Gasteiger partial charge on any atom is 0.0897 e. The number of aromatic nitrogens is 1. The summed E-state index contributed by atoms with van der Waals surface area (Å²) in [6, 6.07) is 9.47.